The highest BCUT2D eigenvalue weighted by molar-refractivity contribution is 7.80. The number of aromatic amines is 1. The van der Waals surface area contributed by atoms with Crippen LogP contribution in [0.25, 0.3) is 10.9 Å². The summed E-state index contributed by atoms with van der Waals surface area (Å²) in [7, 11) is 0. The summed E-state index contributed by atoms with van der Waals surface area (Å²) in [5, 5.41) is 5.16. The van der Waals surface area contributed by atoms with E-state index in [1.807, 2.05) is 12.1 Å². The molecule has 1 aromatic carbocycles. The number of morpholine rings is 1. The van der Waals surface area contributed by atoms with Gasteiger partial charge >= 0.3 is 0 Å². The zero-order valence-corrected chi connectivity index (χ0v) is 20.6. The van der Waals surface area contributed by atoms with Gasteiger partial charge in [-0.2, -0.15) is 0 Å². The van der Waals surface area contributed by atoms with Crippen molar-refractivity contribution in [1.29, 1.82) is 0 Å². The second-order valence-corrected chi connectivity index (χ2v) is 9.59. The summed E-state index contributed by atoms with van der Waals surface area (Å²) >= 11 is 5.77. The molecule has 0 saturated carbocycles. The van der Waals surface area contributed by atoms with Gasteiger partial charge in [-0.1, -0.05) is 0 Å². The lowest BCUT2D eigenvalue weighted by Gasteiger charge is -2.29. The Morgan fingerprint density at radius 1 is 1.21 bits per heavy atom. The summed E-state index contributed by atoms with van der Waals surface area (Å²) in [5.74, 6) is 0. The van der Waals surface area contributed by atoms with Crippen molar-refractivity contribution < 1.29 is 9.47 Å². The normalized spacial score (nSPS) is 19.2. The molecule has 4 rings (SSSR count). The first-order valence-corrected chi connectivity index (χ1v) is 12.5. The standard InChI is InChI=1S/C25H36N4O3S/c1-18-13-20-15-21(24(30)27-23(20)14-19(18)2)16-29(17-22-5-3-10-32-22)25(33)26-6-4-7-28-8-11-31-12-9-28/h13-15,22H,3-12,16-17H2,1-2H3,(H,26,33)(H,27,30)/t22-/m1/s1. The third kappa shape index (κ3) is 6.53. The van der Waals surface area contributed by atoms with Crippen molar-refractivity contribution in [2.24, 2.45) is 0 Å². The molecule has 0 amide bonds. The van der Waals surface area contributed by atoms with E-state index >= 15 is 0 Å². The van der Waals surface area contributed by atoms with Gasteiger partial charge < -0.3 is 24.7 Å². The van der Waals surface area contributed by atoms with Gasteiger partial charge in [0.1, 0.15) is 0 Å². The smallest absolute Gasteiger partial charge is 0.253 e. The van der Waals surface area contributed by atoms with E-state index in [1.165, 1.54) is 11.1 Å². The Hall–Kier alpha value is -2.00. The summed E-state index contributed by atoms with van der Waals surface area (Å²) in [5.41, 5.74) is 3.93. The maximum atomic E-state index is 12.9. The van der Waals surface area contributed by atoms with E-state index in [-0.39, 0.29) is 11.7 Å². The molecule has 7 nitrogen and oxygen atoms in total. The van der Waals surface area contributed by atoms with Crippen LogP contribution in [-0.4, -0.2) is 78.5 Å². The predicted octanol–water partition coefficient (Wildman–Crippen LogP) is 2.72. The quantitative estimate of drug-likeness (QED) is 0.452. The van der Waals surface area contributed by atoms with Crippen LogP contribution in [0.2, 0.25) is 0 Å². The molecule has 33 heavy (non-hydrogen) atoms. The van der Waals surface area contributed by atoms with Crippen molar-refractivity contribution in [3.8, 4) is 0 Å². The molecule has 8 heteroatoms. The fraction of sp³-hybridized carbons (Fsp3) is 0.600. The van der Waals surface area contributed by atoms with E-state index in [9.17, 15) is 4.79 Å². The molecule has 3 heterocycles. The van der Waals surface area contributed by atoms with Crippen molar-refractivity contribution in [1.82, 2.24) is 20.1 Å². The topological polar surface area (TPSA) is 69.8 Å². The second-order valence-electron chi connectivity index (χ2n) is 9.20. The van der Waals surface area contributed by atoms with Crippen molar-refractivity contribution >= 4 is 28.2 Å². The first-order valence-electron chi connectivity index (χ1n) is 12.1. The van der Waals surface area contributed by atoms with Crippen LogP contribution in [0, 0.1) is 13.8 Å². The number of H-pyrrole nitrogens is 1. The summed E-state index contributed by atoms with van der Waals surface area (Å²) in [6.07, 6.45) is 3.28. The molecule has 0 aliphatic carbocycles. The van der Waals surface area contributed by atoms with Crippen LogP contribution in [0.3, 0.4) is 0 Å². The van der Waals surface area contributed by atoms with Gasteiger partial charge in [-0.3, -0.25) is 9.69 Å². The fourth-order valence-corrected chi connectivity index (χ4v) is 4.77. The van der Waals surface area contributed by atoms with E-state index in [2.05, 4.69) is 40.0 Å². The van der Waals surface area contributed by atoms with Crippen LogP contribution in [0.15, 0.2) is 23.0 Å². The number of ether oxygens (including phenoxy) is 2. The predicted molar refractivity (Wildman–Crippen MR) is 136 cm³/mol. The van der Waals surface area contributed by atoms with Crippen molar-refractivity contribution in [2.45, 2.75) is 45.8 Å². The number of aromatic nitrogens is 1. The molecule has 2 fully saturated rings. The van der Waals surface area contributed by atoms with Crippen molar-refractivity contribution in [3.63, 3.8) is 0 Å². The zero-order chi connectivity index (χ0) is 23.2. The SMILES string of the molecule is Cc1cc2cc(CN(C[C@H]3CCCO3)C(=S)NCCCN3CCOCC3)c(=O)[nH]c2cc1C. The molecule has 0 bridgehead atoms. The lowest BCUT2D eigenvalue weighted by atomic mass is 10.0. The van der Waals surface area contributed by atoms with Gasteiger partial charge in [0, 0.05) is 43.9 Å². The minimum absolute atomic E-state index is 0.0572. The third-order valence-corrected chi connectivity index (χ3v) is 7.07. The van der Waals surface area contributed by atoms with E-state index in [0.717, 1.165) is 81.7 Å². The molecule has 2 aromatic rings. The highest BCUT2D eigenvalue weighted by atomic mass is 32.1. The monoisotopic (exact) mass is 472 g/mol. The molecule has 1 atom stereocenters. The molecule has 2 aliphatic heterocycles. The highest BCUT2D eigenvalue weighted by Crippen LogP contribution is 2.19. The zero-order valence-electron chi connectivity index (χ0n) is 19.8. The maximum Gasteiger partial charge on any atom is 0.253 e. The third-order valence-electron chi connectivity index (χ3n) is 6.66. The Balaban J connectivity index is 1.42. The number of nitrogens with one attached hydrogen (secondary N) is 2. The molecular formula is C25H36N4O3S. The van der Waals surface area contributed by atoms with Gasteiger partial charge in [-0.05, 0) is 86.6 Å². The van der Waals surface area contributed by atoms with Crippen LogP contribution in [0.4, 0.5) is 0 Å². The number of fused-ring (bicyclic) bond motifs is 1. The van der Waals surface area contributed by atoms with E-state index < -0.39 is 0 Å². The molecular weight excluding hydrogens is 436 g/mol. The van der Waals surface area contributed by atoms with E-state index in [1.54, 1.807) is 0 Å². The molecule has 2 N–H and O–H groups in total. The van der Waals surface area contributed by atoms with Gasteiger partial charge in [-0.25, -0.2) is 0 Å². The molecule has 0 radical (unpaired) electrons. The second kappa shape index (κ2) is 11.4. The number of thiocarbonyl (C=S) groups is 1. The van der Waals surface area contributed by atoms with Crippen LogP contribution in [0.1, 0.15) is 36.0 Å². The number of benzene rings is 1. The Labute approximate surface area is 201 Å². The fourth-order valence-electron chi connectivity index (χ4n) is 4.53. The van der Waals surface area contributed by atoms with Crippen LogP contribution < -0.4 is 10.9 Å². The number of aryl methyl sites for hydroxylation is 2. The van der Waals surface area contributed by atoms with E-state index in [4.69, 9.17) is 21.7 Å². The lowest BCUT2D eigenvalue weighted by molar-refractivity contribution is 0.0375. The molecule has 180 valence electrons. The first-order chi connectivity index (χ1) is 16.0. The summed E-state index contributed by atoms with van der Waals surface area (Å²) in [6.45, 7) is 11.6. The van der Waals surface area contributed by atoms with Crippen molar-refractivity contribution in [3.05, 3.63) is 45.2 Å². The maximum absolute atomic E-state index is 12.9. The Morgan fingerprint density at radius 3 is 2.76 bits per heavy atom. The molecule has 2 saturated heterocycles. The van der Waals surface area contributed by atoms with Crippen LogP contribution in [-0.2, 0) is 16.0 Å². The lowest BCUT2D eigenvalue weighted by Crippen LogP contribution is -2.45. The number of rotatable bonds is 8. The largest absolute Gasteiger partial charge is 0.379 e. The van der Waals surface area contributed by atoms with Crippen LogP contribution >= 0.6 is 12.2 Å². The van der Waals surface area contributed by atoms with Gasteiger partial charge in [0.05, 0.1) is 25.9 Å². The van der Waals surface area contributed by atoms with Gasteiger partial charge in [0.2, 0.25) is 0 Å². The summed E-state index contributed by atoms with van der Waals surface area (Å²) < 4.78 is 11.3. The highest BCUT2D eigenvalue weighted by Gasteiger charge is 2.22. The Bertz CT molecular complexity index is 1010. The number of pyridine rings is 1. The number of hydrogen-bond donors (Lipinski definition) is 2. The molecule has 1 aromatic heterocycles. The minimum Gasteiger partial charge on any atom is -0.379 e. The number of nitrogens with zero attached hydrogens (tertiary/aromatic N) is 2. The van der Waals surface area contributed by atoms with Crippen LogP contribution in [0.5, 0.6) is 0 Å². The van der Waals surface area contributed by atoms with Crippen molar-refractivity contribution in [2.75, 3.05) is 52.5 Å². The Morgan fingerprint density at radius 2 is 2.00 bits per heavy atom. The average molecular weight is 473 g/mol. The summed E-state index contributed by atoms with van der Waals surface area (Å²) in [4.78, 5) is 20.4. The average Bonchev–Trinajstić information content (AvgIpc) is 3.32. The molecule has 0 spiro atoms. The first kappa shape index (κ1) is 24.1. The van der Waals surface area contributed by atoms with E-state index in [0.29, 0.717) is 18.2 Å². The van der Waals surface area contributed by atoms with Gasteiger partial charge in [-0.15, -0.1) is 0 Å². The molecule has 2 aliphatic rings. The summed E-state index contributed by atoms with van der Waals surface area (Å²) in [6, 6.07) is 6.18. The Kier molecular flexibility index (Phi) is 8.35. The van der Waals surface area contributed by atoms with Gasteiger partial charge in [0.25, 0.3) is 5.56 Å². The number of hydrogen-bond acceptors (Lipinski definition) is 5. The molecule has 0 unspecified atom stereocenters. The van der Waals surface area contributed by atoms with Gasteiger partial charge in [0.15, 0.2) is 5.11 Å². The minimum atomic E-state index is -0.0572.